The molecule has 0 saturated carbocycles. The summed E-state index contributed by atoms with van der Waals surface area (Å²) < 4.78 is 48.9. The van der Waals surface area contributed by atoms with Gasteiger partial charge in [0.15, 0.2) is 0 Å². The Balaban J connectivity index is 0.912. The van der Waals surface area contributed by atoms with Crippen molar-refractivity contribution < 1.29 is 76.2 Å². The lowest BCUT2D eigenvalue weighted by Gasteiger charge is -2.09. The van der Waals surface area contributed by atoms with Crippen molar-refractivity contribution in [3.8, 4) is 34.1 Å². The highest BCUT2D eigenvalue weighted by atomic mass is 16.6. The van der Waals surface area contributed by atoms with Crippen LogP contribution >= 0.6 is 0 Å². The molecular formula is C68H88O16. The monoisotopic (exact) mass is 1160 g/mol. The molecule has 0 amide bonds. The number of ether oxygens (including phenoxy) is 9. The Labute approximate surface area is 496 Å². The van der Waals surface area contributed by atoms with Crippen LogP contribution in [-0.2, 0) is 47.7 Å². The van der Waals surface area contributed by atoms with E-state index in [0.29, 0.717) is 144 Å². The molecule has 0 saturated heterocycles. The number of hydrogen-bond acceptors (Lipinski definition) is 16. The van der Waals surface area contributed by atoms with Gasteiger partial charge in [-0.15, -0.1) is 0 Å². The zero-order valence-corrected chi connectivity index (χ0v) is 49.4. The lowest BCUT2D eigenvalue weighted by atomic mass is 10.1. The summed E-state index contributed by atoms with van der Waals surface area (Å²) in [5, 5.41) is 0. The van der Waals surface area contributed by atoms with Gasteiger partial charge in [0.05, 0.1) is 57.4 Å². The third-order valence-corrected chi connectivity index (χ3v) is 13.4. The van der Waals surface area contributed by atoms with Gasteiger partial charge in [-0.05, 0) is 187 Å². The molecule has 0 aliphatic heterocycles. The van der Waals surface area contributed by atoms with E-state index in [9.17, 15) is 33.6 Å². The van der Waals surface area contributed by atoms with E-state index in [1.165, 1.54) is 12.8 Å². The van der Waals surface area contributed by atoms with Crippen LogP contribution in [0.4, 0.5) is 0 Å². The maximum absolute atomic E-state index is 12.9. The van der Waals surface area contributed by atoms with Crippen molar-refractivity contribution >= 4 is 41.8 Å². The summed E-state index contributed by atoms with van der Waals surface area (Å²) in [6.07, 6.45) is 21.8. The van der Waals surface area contributed by atoms with Crippen LogP contribution < -0.4 is 18.9 Å². The molecule has 16 heteroatoms. The molecule has 0 bridgehead atoms. The molecule has 0 fully saturated rings. The third-order valence-electron chi connectivity index (χ3n) is 13.4. The lowest BCUT2D eigenvalue weighted by molar-refractivity contribution is -0.145. The largest absolute Gasteiger partial charge is 0.494 e. The number of hydrogen-bond donors (Lipinski definition) is 0. The highest BCUT2D eigenvalue weighted by Crippen LogP contribution is 2.26. The normalized spacial score (nSPS) is 10.7. The van der Waals surface area contributed by atoms with Crippen LogP contribution in [0.1, 0.15) is 188 Å². The molecule has 0 aliphatic carbocycles. The van der Waals surface area contributed by atoms with Crippen molar-refractivity contribution in [2.75, 3.05) is 46.2 Å². The number of rotatable bonds is 46. The maximum Gasteiger partial charge on any atom is 0.343 e. The summed E-state index contributed by atoms with van der Waals surface area (Å²) in [5.41, 5.74) is 2.98. The minimum Gasteiger partial charge on any atom is -0.494 e. The molecule has 0 spiro atoms. The van der Waals surface area contributed by atoms with Crippen molar-refractivity contribution in [3.63, 3.8) is 0 Å². The van der Waals surface area contributed by atoms with Gasteiger partial charge in [-0.1, -0.05) is 82.4 Å². The molecule has 4 rings (SSSR count). The second-order valence-electron chi connectivity index (χ2n) is 20.6. The van der Waals surface area contributed by atoms with Crippen LogP contribution in [-0.4, -0.2) is 88.0 Å². The molecule has 0 aromatic heterocycles. The molecule has 0 atom stereocenters. The second kappa shape index (κ2) is 43.0. The SMILES string of the molecule is C=CC(=O)OCCCCCCOc1ccc(C(=O)Oc2ccc(-c3ccc(OC(=O)c4ccc(OCCCCCCCCCCCOC(=O)CCCCCOC(=O)CCCCCOC(=O)CCCCCOC(=O)C(=C)C)cc4)cc3)cc2)cc1. The van der Waals surface area contributed by atoms with E-state index in [0.717, 1.165) is 107 Å². The van der Waals surface area contributed by atoms with Crippen molar-refractivity contribution in [2.45, 2.75) is 167 Å². The number of carbonyl (C=O) groups is 7. The van der Waals surface area contributed by atoms with E-state index in [1.54, 1.807) is 79.7 Å². The van der Waals surface area contributed by atoms with Gasteiger partial charge in [-0.25, -0.2) is 19.2 Å². The summed E-state index contributed by atoms with van der Waals surface area (Å²) in [6, 6.07) is 28.1. The van der Waals surface area contributed by atoms with Crippen LogP contribution in [0.15, 0.2) is 122 Å². The molecular weight excluding hydrogens is 1070 g/mol. The molecule has 0 aliphatic rings. The molecule has 456 valence electrons. The summed E-state index contributed by atoms with van der Waals surface area (Å²) in [4.78, 5) is 84.2. The standard InChI is InChI=1S/C68H88O16/c1-4-62(69)78-48-23-13-12-21-47-77-59-40-36-57(37-41-59)68(75)84-61-44-32-55(33-45-61)54-30-42-60(43-31-54)83-67(74)56-34-38-58(39-35-56)76-46-20-10-8-6-5-7-9-11-22-49-79-63(70)27-17-14-24-50-80-64(71)28-18-15-25-51-81-65(72)29-19-16-26-52-82-66(73)53(2)3/h4,30-45H,1-2,5-29,46-52H2,3H3. The first kappa shape index (κ1) is 68.7. The van der Waals surface area contributed by atoms with Crippen LogP contribution in [0.2, 0.25) is 0 Å². The number of unbranched alkanes of at least 4 members (excludes halogenated alkanes) is 17. The zero-order valence-electron chi connectivity index (χ0n) is 49.4. The fraction of sp³-hybridized carbons (Fsp3) is 0.485. The Morgan fingerprint density at radius 3 is 0.964 bits per heavy atom. The predicted molar refractivity (Wildman–Crippen MR) is 321 cm³/mol. The minimum absolute atomic E-state index is 0.181. The predicted octanol–water partition coefficient (Wildman–Crippen LogP) is 14.8. The van der Waals surface area contributed by atoms with Gasteiger partial charge >= 0.3 is 41.8 Å². The number of esters is 7. The molecule has 16 nitrogen and oxygen atoms in total. The second-order valence-corrected chi connectivity index (χ2v) is 20.6. The van der Waals surface area contributed by atoms with E-state index < -0.39 is 23.9 Å². The Morgan fingerprint density at radius 2 is 0.631 bits per heavy atom. The van der Waals surface area contributed by atoms with Gasteiger partial charge in [0.1, 0.15) is 23.0 Å². The summed E-state index contributed by atoms with van der Waals surface area (Å²) >= 11 is 0. The Hall–Kier alpha value is -7.75. The van der Waals surface area contributed by atoms with E-state index in [1.807, 2.05) is 24.3 Å². The number of benzene rings is 4. The maximum atomic E-state index is 12.9. The molecule has 0 heterocycles. The first-order valence-electron chi connectivity index (χ1n) is 30.1. The quantitative estimate of drug-likeness (QED) is 0.0133. The van der Waals surface area contributed by atoms with Gasteiger partial charge in [-0.2, -0.15) is 0 Å². The minimum atomic E-state index is -0.481. The molecule has 0 unspecified atom stereocenters. The van der Waals surface area contributed by atoms with Crippen LogP contribution in [0.25, 0.3) is 11.1 Å². The van der Waals surface area contributed by atoms with Crippen molar-refractivity contribution in [1.29, 1.82) is 0 Å². The van der Waals surface area contributed by atoms with Gasteiger partial charge in [-0.3, -0.25) is 14.4 Å². The van der Waals surface area contributed by atoms with E-state index >= 15 is 0 Å². The number of carbonyl (C=O) groups excluding carboxylic acids is 7. The van der Waals surface area contributed by atoms with Gasteiger partial charge in [0.25, 0.3) is 0 Å². The van der Waals surface area contributed by atoms with Crippen molar-refractivity contribution in [2.24, 2.45) is 0 Å². The smallest absolute Gasteiger partial charge is 0.343 e. The van der Waals surface area contributed by atoms with Crippen molar-refractivity contribution in [1.82, 2.24) is 0 Å². The molecule has 0 N–H and O–H groups in total. The fourth-order valence-corrected chi connectivity index (χ4v) is 8.46. The first-order valence-corrected chi connectivity index (χ1v) is 30.1. The summed E-state index contributed by atoms with van der Waals surface area (Å²) in [6.45, 7) is 11.5. The molecule has 0 radical (unpaired) electrons. The zero-order chi connectivity index (χ0) is 60.2. The topological polar surface area (TPSA) is 203 Å². The summed E-state index contributed by atoms with van der Waals surface area (Å²) in [7, 11) is 0. The molecule has 4 aromatic rings. The fourth-order valence-electron chi connectivity index (χ4n) is 8.46. The summed E-state index contributed by atoms with van der Waals surface area (Å²) in [5.74, 6) is -0.247. The van der Waals surface area contributed by atoms with E-state index in [-0.39, 0.29) is 17.9 Å². The Kier molecular flexibility index (Phi) is 35.2. The van der Waals surface area contributed by atoms with E-state index in [2.05, 4.69) is 13.2 Å². The van der Waals surface area contributed by atoms with Gasteiger partial charge < -0.3 is 42.6 Å². The highest BCUT2D eigenvalue weighted by Gasteiger charge is 2.13. The highest BCUT2D eigenvalue weighted by molar-refractivity contribution is 5.92. The van der Waals surface area contributed by atoms with Gasteiger partial charge in [0, 0.05) is 30.9 Å². The molecule has 4 aromatic carbocycles. The Morgan fingerprint density at radius 1 is 0.345 bits per heavy atom. The average molecular weight is 1160 g/mol. The van der Waals surface area contributed by atoms with E-state index in [4.69, 9.17) is 42.6 Å². The third kappa shape index (κ3) is 31.6. The average Bonchev–Trinajstić information content (AvgIpc) is 3.56. The van der Waals surface area contributed by atoms with Crippen molar-refractivity contribution in [3.05, 3.63) is 133 Å². The van der Waals surface area contributed by atoms with Gasteiger partial charge in [0.2, 0.25) is 0 Å². The first-order chi connectivity index (χ1) is 40.9. The van der Waals surface area contributed by atoms with Crippen LogP contribution in [0.3, 0.4) is 0 Å². The molecule has 84 heavy (non-hydrogen) atoms. The Bertz CT molecular complexity index is 2570. The van der Waals surface area contributed by atoms with Crippen LogP contribution in [0.5, 0.6) is 23.0 Å². The van der Waals surface area contributed by atoms with Crippen LogP contribution in [0, 0.1) is 0 Å². The lowest BCUT2D eigenvalue weighted by Crippen LogP contribution is -2.08.